The number of piperazine rings is 1. The highest BCUT2D eigenvalue weighted by Gasteiger charge is 2.40. The van der Waals surface area contributed by atoms with Crippen molar-refractivity contribution in [2.24, 2.45) is 0 Å². The molecule has 1 aromatic rings. The molecule has 2 saturated heterocycles. The third kappa shape index (κ3) is 2.64. The molecule has 7 heteroatoms. The van der Waals surface area contributed by atoms with Crippen LogP contribution in [-0.2, 0) is 11.3 Å². The quantitative estimate of drug-likeness (QED) is 0.822. The molecule has 7 nitrogen and oxygen atoms in total. The molecule has 2 fully saturated rings. The van der Waals surface area contributed by atoms with Crippen molar-refractivity contribution in [2.75, 3.05) is 46.4 Å². The Balaban J connectivity index is 1.57. The maximum absolute atomic E-state index is 12.2. The molecular weight excluding hydrogens is 258 g/mol. The SMILES string of the molecule is COCCN1CC2CN(Cc3ncc[nH]3)CCN2C1=O. The van der Waals surface area contributed by atoms with Crippen molar-refractivity contribution >= 4 is 6.03 Å². The van der Waals surface area contributed by atoms with Crippen molar-refractivity contribution in [2.45, 2.75) is 12.6 Å². The number of hydrogen-bond acceptors (Lipinski definition) is 4. The maximum atomic E-state index is 12.2. The molecule has 0 aromatic carbocycles. The van der Waals surface area contributed by atoms with Gasteiger partial charge in [-0.2, -0.15) is 0 Å². The van der Waals surface area contributed by atoms with Crippen molar-refractivity contribution < 1.29 is 9.53 Å². The summed E-state index contributed by atoms with van der Waals surface area (Å²) in [7, 11) is 1.67. The molecule has 20 heavy (non-hydrogen) atoms. The van der Waals surface area contributed by atoms with E-state index in [4.69, 9.17) is 4.74 Å². The van der Waals surface area contributed by atoms with Gasteiger partial charge in [0.2, 0.25) is 0 Å². The van der Waals surface area contributed by atoms with E-state index in [1.54, 1.807) is 13.3 Å². The van der Waals surface area contributed by atoms with E-state index < -0.39 is 0 Å². The number of imidazole rings is 1. The number of rotatable bonds is 5. The van der Waals surface area contributed by atoms with Gasteiger partial charge in [-0.05, 0) is 0 Å². The Hall–Kier alpha value is -1.60. The van der Waals surface area contributed by atoms with Gasteiger partial charge in [0.05, 0.1) is 19.2 Å². The normalized spacial score (nSPS) is 23.4. The van der Waals surface area contributed by atoms with Crippen molar-refractivity contribution in [1.82, 2.24) is 24.7 Å². The van der Waals surface area contributed by atoms with E-state index in [1.165, 1.54) is 0 Å². The molecule has 2 aliphatic heterocycles. The molecule has 1 aromatic heterocycles. The van der Waals surface area contributed by atoms with Crippen LogP contribution in [0.3, 0.4) is 0 Å². The number of urea groups is 1. The van der Waals surface area contributed by atoms with E-state index in [1.807, 2.05) is 16.0 Å². The first-order valence-corrected chi connectivity index (χ1v) is 7.03. The van der Waals surface area contributed by atoms with Crippen molar-refractivity contribution in [3.8, 4) is 0 Å². The van der Waals surface area contributed by atoms with E-state index >= 15 is 0 Å². The highest BCUT2D eigenvalue weighted by Crippen LogP contribution is 2.21. The van der Waals surface area contributed by atoms with Gasteiger partial charge in [-0.25, -0.2) is 9.78 Å². The predicted octanol–water partition coefficient (Wildman–Crippen LogP) is -0.0221. The summed E-state index contributed by atoms with van der Waals surface area (Å²) in [5.41, 5.74) is 0. The Morgan fingerprint density at radius 1 is 1.45 bits per heavy atom. The number of carbonyl (C=O) groups is 1. The smallest absolute Gasteiger partial charge is 0.320 e. The minimum Gasteiger partial charge on any atom is -0.383 e. The molecular formula is C13H21N5O2. The summed E-state index contributed by atoms with van der Waals surface area (Å²) in [4.78, 5) is 25.9. The van der Waals surface area contributed by atoms with Gasteiger partial charge in [-0.15, -0.1) is 0 Å². The molecule has 110 valence electrons. The third-order valence-electron chi connectivity index (χ3n) is 4.01. The van der Waals surface area contributed by atoms with Crippen molar-refractivity contribution in [3.05, 3.63) is 18.2 Å². The molecule has 1 atom stereocenters. The predicted molar refractivity (Wildman–Crippen MR) is 73.2 cm³/mol. The van der Waals surface area contributed by atoms with Gasteiger partial charge in [0.15, 0.2) is 0 Å². The van der Waals surface area contributed by atoms with Crippen LogP contribution in [0.15, 0.2) is 12.4 Å². The molecule has 0 saturated carbocycles. The molecule has 2 aliphatic rings. The monoisotopic (exact) mass is 279 g/mol. The van der Waals surface area contributed by atoms with Crippen LogP contribution in [0.25, 0.3) is 0 Å². The Bertz CT molecular complexity index is 450. The Morgan fingerprint density at radius 3 is 3.10 bits per heavy atom. The minimum atomic E-state index is 0.157. The molecule has 3 heterocycles. The first-order valence-electron chi connectivity index (χ1n) is 7.03. The minimum absolute atomic E-state index is 0.157. The van der Waals surface area contributed by atoms with Crippen LogP contribution in [-0.4, -0.2) is 83.2 Å². The molecule has 3 rings (SSSR count). The van der Waals surface area contributed by atoms with Gasteiger partial charge in [0.1, 0.15) is 5.82 Å². The summed E-state index contributed by atoms with van der Waals surface area (Å²) >= 11 is 0. The summed E-state index contributed by atoms with van der Waals surface area (Å²) in [6.07, 6.45) is 3.62. The van der Waals surface area contributed by atoms with Gasteiger partial charge in [0, 0.05) is 52.2 Å². The number of carbonyl (C=O) groups excluding carboxylic acids is 1. The molecule has 0 spiro atoms. The van der Waals surface area contributed by atoms with Gasteiger partial charge >= 0.3 is 6.03 Å². The number of aromatic amines is 1. The lowest BCUT2D eigenvalue weighted by Gasteiger charge is -2.35. The standard InChI is InChI=1S/C13H21N5O2/c1-20-7-6-17-9-11-8-16(4-5-18(11)13(17)19)10-12-14-2-3-15-12/h2-3,11H,4-10H2,1H3,(H,14,15). The van der Waals surface area contributed by atoms with Crippen LogP contribution < -0.4 is 0 Å². The number of methoxy groups -OCH3 is 1. The van der Waals surface area contributed by atoms with E-state index in [9.17, 15) is 4.79 Å². The third-order valence-corrected chi connectivity index (χ3v) is 4.01. The largest absolute Gasteiger partial charge is 0.383 e. The number of hydrogen-bond donors (Lipinski definition) is 1. The Kier molecular flexibility index (Phi) is 3.88. The average Bonchev–Trinajstić information content (AvgIpc) is 3.05. The molecule has 2 amide bonds. The topological polar surface area (TPSA) is 64.7 Å². The van der Waals surface area contributed by atoms with E-state index in [0.717, 1.165) is 38.5 Å². The lowest BCUT2D eigenvalue weighted by atomic mass is 10.2. The second kappa shape index (κ2) is 5.80. The lowest BCUT2D eigenvalue weighted by Crippen LogP contribution is -2.51. The number of nitrogens with zero attached hydrogens (tertiary/aromatic N) is 4. The van der Waals surface area contributed by atoms with Gasteiger partial charge in [0.25, 0.3) is 0 Å². The maximum Gasteiger partial charge on any atom is 0.320 e. The fourth-order valence-electron chi connectivity index (χ4n) is 2.97. The van der Waals surface area contributed by atoms with Crippen LogP contribution >= 0.6 is 0 Å². The number of ether oxygens (including phenoxy) is 1. The molecule has 0 radical (unpaired) electrons. The van der Waals surface area contributed by atoms with Crippen molar-refractivity contribution in [3.63, 3.8) is 0 Å². The van der Waals surface area contributed by atoms with Crippen LogP contribution in [0, 0.1) is 0 Å². The fourth-order valence-corrected chi connectivity index (χ4v) is 2.97. The summed E-state index contributed by atoms with van der Waals surface area (Å²) in [5, 5.41) is 0. The first kappa shape index (κ1) is 13.4. The Labute approximate surface area is 118 Å². The zero-order chi connectivity index (χ0) is 13.9. The number of H-pyrrole nitrogens is 1. The second-order valence-corrected chi connectivity index (χ2v) is 5.34. The number of amides is 2. The van der Waals surface area contributed by atoms with Gasteiger partial charge < -0.3 is 19.5 Å². The van der Waals surface area contributed by atoms with Crippen LogP contribution in [0.2, 0.25) is 0 Å². The molecule has 0 aliphatic carbocycles. The lowest BCUT2D eigenvalue weighted by molar-refractivity contribution is 0.114. The number of fused-ring (bicyclic) bond motifs is 1. The molecule has 1 unspecified atom stereocenters. The summed E-state index contributed by atoms with van der Waals surface area (Å²) < 4.78 is 5.06. The fraction of sp³-hybridized carbons (Fsp3) is 0.692. The van der Waals surface area contributed by atoms with Gasteiger partial charge in [-0.1, -0.05) is 0 Å². The first-order chi connectivity index (χ1) is 9.78. The highest BCUT2D eigenvalue weighted by atomic mass is 16.5. The van der Waals surface area contributed by atoms with Crippen molar-refractivity contribution in [1.29, 1.82) is 0 Å². The average molecular weight is 279 g/mol. The van der Waals surface area contributed by atoms with Gasteiger partial charge in [-0.3, -0.25) is 4.90 Å². The zero-order valence-corrected chi connectivity index (χ0v) is 11.8. The molecule has 1 N–H and O–H groups in total. The van der Waals surface area contributed by atoms with Crippen LogP contribution in [0.1, 0.15) is 5.82 Å². The number of aromatic nitrogens is 2. The second-order valence-electron chi connectivity index (χ2n) is 5.34. The van der Waals surface area contributed by atoms with Crippen LogP contribution in [0.5, 0.6) is 0 Å². The van der Waals surface area contributed by atoms with E-state index in [0.29, 0.717) is 19.2 Å². The molecule has 0 bridgehead atoms. The summed E-state index contributed by atoms with van der Waals surface area (Å²) in [6, 6.07) is 0.452. The summed E-state index contributed by atoms with van der Waals surface area (Å²) in [6.45, 7) is 5.52. The number of nitrogens with one attached hydrogen (secondary N) is 1. The zero-order valence-electron chi connectivity index (χ0n) is 11.8. The highest BCUT2D eigenvalue weighted by molar-refractivity contribution is 5.77. The van der Waals surface area contributed by atoms with E-state index in [-0.39, 0.29) is 6.03 Å². The van der Waals surface area contributed by atoms with E-state index in [2.05, 4.69) is 14.9 Å². The van der Waals surface area contributed by atoms with Crippen LogP contribution in [0.4, 0.5) is 4.79 Å². The summed E-state index contributed by atoms with van der Waals surface area (Å²) in [5.74, 6) is 0.985. The Morgan fingerprint density at radius 2 is 2.35 bits per heavy atom.